The van der Waals surface area contributed by atoms with Gasteiger partial charge in [-0.3, -0.25) is 4.90 Å². The van der Waals surface area contributed by atoms with Crippen LogP contribution in [0.25, 0.3) is 0 Å². The number of likely N-dealkylation sites (tertiary alicyclic amines) is 2. The molecule has 0 radical (unpaired) electrons. The Kier molecular flexibility index (Phi) is 5.89. The van der Waals surface area contributed by atoms with E-state index in [1.165, 1.54) is 45.4 Å². The van der Waals surface area contributed by atoms with Crippen LogP contribution in [0.15, 0.2) is 0 Å². The number of ether oxygens (including phenoxy) is 1. The van der Waals surface area contributed by atoms with Crippen molar-refractivity contribution in [3.8, 4) is 0 Å². The van der Waals surface area contributed by atoms with Gasteiger partial charge < -0.3 is 15.0 Å². The van der Waals surface area contributed by atoms with Gasteiger partial charge in [0.05, 0.1) is 6.61 Å². The summed E-state index contributed by atoms with van der Waals surface area (Å²) in [5.74, 6) is 0. The van der Waals surface area contributed by atoms with Crippen LogP contribution in [0.4, 0.5) is 0 Å². The van der Waals surface area contributed by atoms with E-state index in [9.17, 15) is 0 Å². The average Bonchev–Trinajstić information content (AvgIpc) is 2.98. The summed E-state index contributed by atoms with van der Waals surface area (Å²) in [7, 11) is 1.79. The molecule has 2 unspecified atom stereocenters. The van der Waals surface area contributed by atoms with Crippen molar-refractivity contribution in [3.05, 3.63) is 0 Å². The van der Waals surface area contributed by atoms with Gasteiger partial charge >= 0.3 is 0 Å². The maximum Gasteiger partial charge on any atom is 0.0628 e. The Morgan fingerprint density at radius 3 is 2.72 bits per heavy atom. The number of methoxy groups -OCH3 is 1. The van der Waals surface area contributed by atoms with Crippen molar-refractivity contribution < 1.29 is 4.74 Å². The number of hydrogen-bond donors (Lipinski definition) is 1. The molecule has 0 aromatic rings. The molecule has 2 atom stereocenters. The van der Waals surface area contributed by atoms with Gasteiger partial charge in [0.1, 0.15) is 0 Å². The molecule has 4 heteroatoms. The Morgan fingerprint density at radius 2 is 2.06 bits per heavy atom. The van der Waals surface area contributed by atoms with Gasteiger partial charge in [-0.2, -0.15) is 0 Å². The van der Waals surface area contributed by atoms with E-state index in [2.05, 4.69) is 22.0 Å². The molecule has 0 amide bonds. The molecule has 1 N–H and O–H groups in total. The summed E-state index contributed by atoms with van der Waals surface area (Å²) >= 11 is 0. The summed E-state index contributed by atoms with van der Waals surface area (Å²) in [6.07, 6.45) is 4.16. The lowest BCUT2D eigenvalue weighted by Crippen LogP contribution is -2.44. The van der Waals surface area contributed by atoms with E-state index in [4.69, 9.17) is 4.74 Å². The van der Waals surface area contributed by atoms with Crippen LogP contribution >= 0.6 is 0 Å². The van der Waals surface area contributed by atoms with E-state index in [0.717, 1.165) is 25.7 Å². The highest BCUT2D eigenvalue weighted by Gasteiger charge is 2.29. The van der Waals surface area contributed by atoms with Crippen molar-refractivity contribution in [2.24, 2.45) is 0 Å². The summed E-state index contributed by atoms with van der Waals surface area (Å²) < 4.78 is 5.29. The van der Waals surface area contributed by atoms with Crippen molar-refractivity contribution in [3.63, 3.8) is 0 Å². The van der Waals surface area contributed by atoms with Gasteiger partial charge in [-0.25, -0.2) is 0 Å². The second kappa shape index (κ2) is 7.43. The van der Waals surface area contributed by atoms with Crippen LogP contribution in [0.3, 0.4) is 0 Å². The molecule has 2 aliphatic heterocycles. The lowest BCUT2D eigenvalue weighted by molar-refractivity contribution is 0.142. The molecule has 0 aromatic heterocycles. The van der Waals surface area contributed by atoms with Gasteiger partial charge in [0.2, 0.25) is 0 Å². The van der Waals surface area contributed by atoms with Crippen molar-refractivity contribution >= 4 is 0 Å². The van der Waals surface area contributed by atoms with Gasteiger partial charge in [0.25, 0.3) is 0 Å². The fourth-order valence-corrected chi connectivity index (χ4v) is 3.36. The van der Waals surface area contributed by atoms with Gasteiger partial charge in [-0.15, -0.1) is 0 Å². The number of rotatable bonds is 7. The highest BCUT2D eigenvalue weighted by Crippen LogP contribution is 2.20. The maximum atomic E-state index is 5.29. The van der Waals surface area contributed by atoms with Crippen molar-refractivity contribution in [2.45, 2.75) is 38.3 Å². The molecular weight excluding hydrogens is 226 g/mol. The highest BCUT2D eigenvalue weighted by molar-refractivity contribution is 4.87. The molecule has 18 heavy (non-hydrogen) atoms. The van der Waals surface area contributed by atoms with Gasteiger partial charge in [0, 0.05) is 32.3 Å². The van der Waals surface area contributed by atoms with E-state index in [1.807, 2.05) is 0 Å². The van der Waals surface area contributed by atoms with Gasteiger partial charge in [-0.05, 0) is 45.4 Å². The minimum atomic E-state index is 0.484. The summed E-state index contributed by atoms with van der Waals surface area (Å²) in [6, 6.07) is 1.30. The largest absolute Gasteiger partial charge is 0.383 e. The van der Waals surface area contributed by atoms with Crippen LogP contribution < -0.4 is 5.32 Å². The zero-order valence-corrected chi connectivity index (χ0v) is 12.0. The zero-order chi connectivity index (χ0) is 12.8. The minimum Gasteiger partial charge on any atom is -0.383 e. The molecule has 2 rings (SSSR count). The normalized spacial score (nSPS) is 28.0. The lowest BCUT2D eigenvalue weighted by atomic mass is 10.2. The molecule has 0 spiro atoms. The third-order valence-electron chi connectivity index (χ3n) is 4.24. The Labute approximate surface area is 112 Å². The lowest BCUT2D eigenvalue weighted by Gasteiger charge is -2.26. The maximum absolute atomic E-state index is 5.29. The van der Waals surface area contributed by atoms with Gasteiger partial charge in [-0.1, -0.05) is 6.92 Å². The molecule has 0 aromatic carbocycles. The molecule has 2 fully saturated rings. The Bertz CT molecular complexity index is 225. The third-order valence-corrected chi connectivity index (χ3v) is 4.24. The first-order valence-corrected chi connectivity index (χ1v) is 7.52. The molecule has 2 saturated heterocycles. The first-order valence-electron chi connectivity index (χ1n) is 7.52. The van der Waals surface area contributed by atoms with Crippen LogP contribution in [0, 0.1) is 0 Å². The van der Waals surface area contributed by atoms with E-state index in [1.54, 1.807) is 7.11 Å². The molecule has 0 bridgehead atoms. The van der Waals surface area contributed by atoms with Crippen molar-refractivity contribution in [1.29, 1.82) is 0 Å². The number of hydrogen-bond acceptors (Lipinski definition) is 4. The standard InChI is InChI=1S/C14H29N3O/c1-3-15-13(12-18-2)10-16-9-6-14(11-16)17-7-4-5-8-17/h13-15H,3-12H2,1-2H3. The van der Waals surface area contributed by atoms with E-state index in [0.29, 0.717) is 6.04 Å². The van der Waals surface area contributed by atoms with Crippen LogP contribution in [0.5, 0.6) is 0 Å². The predicted molar refractivity (Wildman–Crippen MR) is 75.0 cm³/mol. The van der Waals surface area contributed by atoms with E-state index in [-0.39, 0.29) is 0 Å². The Morgan fingerprint density at radius 1 is 1.28 bits per heavy atom. The molecular formula is C14H29N3O. The highest BCUT2D eigenvalue weighted by atomic mass is 16.5. The Balaban J connectivity index is 1.73. The number of likely N-dealkylation sites (N-methyl/N-ethyl adjacent to an activating group) is 1. The fraction of sp³-hybridized carbons (Fsp3) is 1.00. The summed E-state index contributed by atoms with van der Waals surface area (Å²) in [6.45, 7) is 10.3. The summed E-state index contributed by atoms with van der Waals surface area (Å²) in [4.78, 5) is 5.30. The first-order chi connectivity index (χ1) is 8.83. The molecule has 2 aliphatic rings. The monoisotopic (exact) mass is 255 g/mol. The van der Waals surface area contributed by atoms with Crippen LogP contribution in [-0.2, 0) is 4.74 Å². The molecule has 2 heterocycles. The van der Waals surface area contributed by atoms with E-state index >= 15 is 0 Å². The third kappa shape index (κ3) is 3.92. The first kappa shape index (κ1) is 14.3. The van der Waals surface area contributed by atoms with Crippen LogP contribution in [-0.4, -0.2) is 74.9 Å². The van der Waals surface area contributed by atoms with Crippen LogP contribution in [0.1, 0.15) is 26.2 Å². The smallest absolute Gasteiger partial charge is 0.0628 e. The van der Waals surface area contributed by atoms with Crippen LogP contribution in [0.2, 0.25) is 0 Å². The quantitative estimate of drug-likeness (QED) is 0.728. The minimum absolute atomic E-state index is 0.484. The fourth-order valence-electron chi connectivity index (χ4n) is 3.36. The molecule has 0 aliphatic carbocycles. The number of nitrogens with zero attached hydrogens (tertiary/aromatic N) is 2. The average molecular weight is 255 g/mol. The second-order valence-corrected chi connectivity index (χ2v) is 5.66. The topological polar surface area (TPSA) is 27.7 Å². The van der Waals surface area contributed by atoms with E-state index < -0.39 is 0 Å². The molecule has 106 valence electrons. The van der Waals surface area contributed by atoms with Crippen molar-refractivity contribution in [2.75, 3.05) is 53.0 Å². The Hall–Kier alpha value is -0.160. The summed E-state index contributed by atoms with van der Waals surface area (Å²) in [5.41, 5.74) is 0. The summed E-state index contributed by atoms with van der Waals surface area (Å²) in [5, 5.41) is 3.51. The van der Waals surface area contributed by atoms with Crippen molar-refractivity contribution in [1.82, 2.24) is 15.1 Å². The zero-order valence-electron chi connectivity index (χ0n) is 12.0. The number of nitrogens with one attached hydrogen (secondary N) is 1. The SMILES string of the molecule is CCNC(COC)CN1CCC(N2CCCC2)C1. The predicted octanol–water partition coefficient (Wildman–Crippen LogP) is 0.781. The molecule has 4 nitrogen and oxygen atoms in total. The second-order valence-electron chi connectivity index (χ2n) is 5.66. The van der Waals surface area contributed by atoms with Gasteiger partial charge in [0.15, 0.2) is 0 Å². The molecule has 0 saturated carbocycles.